The summed E-state index contributed by atoms with van der Waals surface area (Å²) >= 11 is 0. The second-order valence-electron chi connectivity index (χ2n) is 6.32. The van der Waals surface area contributed by atoms with Crippen LogP contribution in [0.3, 0.4) is 0 Å². The van der Waals surface area contributed by atoms with E-state index in [4.69, 9.17) is 5.73 Å². The zero-order valence-electron chi connectivity index (χ0n) is 12.7. The van der Waals surface area contributed by atoms with Crippen molar-refractivity contribution in [1.82, 2.24) is 9.80 Å². The van der Waals surface area contributed by atoms with Crippen molar-refractivity contribution >= 4 is 0 Å². The Labute approximate surface area is 126 Å². The monoisotopic (exact) mass is 291 g/mol. The van der Waals surface area contributed by atoms with Crippen LogP contribution in [0.2, 0.25) is 0 Å². The Morgan fingerprint density at radius 1 is 1.14 bits per heavy atom. The van der Waals surface area contributed by atoms with Gasteiger partial charge in [0, 0.05) is 44.8 Å². The van der Waals surface area contributed by atoms with Gasteiger partial charge in [0.05, 0.1) is 0 Å². The first kappa shape index (κ1) is 14.9. The van der Waals surface area contributed by atoms with Gasteiger partial charge < -0.3 is 5.73 Å². The van der Waals surface area contributed by atoms with Crippen LogP contribution >= 0.6 is 0 Å². The molecule has 1 aromatic rings. The Bertz CT molecular complexity index is 451. The number of nitrogens with two attached hydrogens (primary N) is 1. The van der Waals surface area contributed by atoms with E-state index in [-0.39, 0.29) is 11.9 Å². The summed E-state index contributed by atoms with van der Waals surface area (Å²) in [6.45, 7) is 4.86. The van der Waals surface area contributed by atoms with Gasteiger partial charge in [-0.25, -0.2) is 4.39 Å². The number of hydrogen-bond acceptors (Lipinski definition) is 3. The molecule has 1 saturated heterocycles. The molecule has 1 heterocycles. The van der Waals surface area contributed by atoms with Gasteiger partial charge in [-0.15, -0.1) is 0 Å². The molecule has 1 aliphatic heterocycles. The molecule has 0 spiro atoms. The van der Waals surface area contributed by atoms with E-state index in [0.717, 1.165) is 37.8 Å². The van der Waals surface area contributed by atoms with Crippen LogP contribution in [-0.4, -0.2) is 48.6 Å². The molecule has 1 aromatic carbocycles. The molecule has 0 radical (unpaired) electrons. The Morgan fingerprint density at radius 3 is 2.48 bits per heavy atom. The maximum absolute atomic E-state index is 13.4. The number of hydrogen-bond donors (Lipinski definition) is 1. The summed E-state index contributed by atoms with van der Waals surface area (Å²) in [7, 11) is 0. The topological polar surface area (TPSA) is 32.5 Å². The van der Waals surface area contributed by atoms with Crippen LogP contribution in [0.25, 0.3) is 0 Å². The fraction of sp³-hybridized carbons (Fsp3) is 0.647. The highest BCUT2D eigenvalue weighted by Gasteiger charge is 2.29. The van der Waals surface area contributed by atoms with Gasteiger partial charge in [0.15, 0.2) is 0 Å². The van der Waals surface area contributed by atoms with Crippen molar-refractivity contribution in [2.75, 3.05) is 32.7 Å². The lowest BCUT2D eigenvalue weighted by Gasteiger charge is -2.41. The van der Waals surface area contributed by atoms with Crippen LogP contribution in [0.4, 0.5) is 4.39 Å². The lowest BCUT2D eigenvalue weighted by molar-refractivity contribution is 0.0721. The van der Waals surface area contributed by atoms with E-state index in [9.17, 15) is 4.39 Å². The van der Waals surface area contributed by atoms with Crippen molar-refractivity contribution in [3.8, 4) is 0 Å². The van der Waals surface area contributed by atoms with Gasteiger partial charge in [-0.1, -0.05) is 25.0 Å². The molecule has 0 bridgehead atoms. The SMILES string of the molecule is NCC(c1cccc(F)c1)N1CCN(C2CCCC2)CC1. The van der Waals surface area contributed by atoms with E-state index in [1.165, 1.54) is 31.7 Å². The number of rotatable bonds is 4. The van der Waals surface area contributed by atoms with Gasteiger partial charge in [0.1, 0.15) is 5.82 Å². The van der Waals surface area contributed by atoms with Crippen LogP contribution in [0, 0.1) is 5.82 Å². The molecular weight excluding hydrogens is 265 g/mol. The molecule has 1 saturated carbocycles. The normalized spacial score (nSPS) is 23.5. The first-order chi connectivity index (χ1) is 10.3. The molecule has 1 aliphatic carbocycles. The summed E-state index contributed by atoms with van der Waals surface area (Å²) in [5.41, 5.74) is 6.97. The average Bonchev–Trinajstić information content (AvgIpc) is 3.03. The van der Waals surface area contributed by atoms with Crippen LogP contribution in [0.1, 0.15) is 37.3 Å². The van der Waals surface area contributed by atoms with E-state index < -0.39 is 0 Å². The third kappa shape index (κ3) is 3.44. The van der Waals surface area contributed by atoms with Crippen molar-refractivity contribution in [2.24, 2.45) is 5.73 Å². The highest BCUT2D eigenvalue weighted by atomic mass is 19.1. The minimum Gasteiger partial charge on any atom is -0.329 e. The fourth-order valence-electron chi connectivity index (χ4n) is 3.89. The summed E-state index contributed by atoms with van der Waals surface area (Å²) < 4.78 is 13.4. The molecule has 0 aromatic heterocycles. The molecule has 1 atom stereocenters. The molecule has 2 aliphatic rings. The van der Waals surface area contributed by atoms with Crippen molar-refractivity contribution in [2.45, 2.75) is 37.8 Å². The van der Waals surface area contributed by atoms with Gasteiger partial charge in [-0.2, -0.15) is 0 Å². The minimum absolute atomic E-state index is 0.145. The molecule has 3 nitrogen and oxygen atoms in total. The van der Waals surface area contributed by atoms with Crippen LogP contribution in [0.15, 0.2) is 24.3 Å². The Balaban J connectivity index is 1.61. The third-order valence-corrected chi connectivity index (χ3v) is 5.09. The largest absolute Gasteiger partial charge is 0.329 e. The van der Waals surface area contributed by atoms with Crippen molar-refractivity contribution in [3.05, 3.63) is 35.6 Å². The van der Waals surface area contributed by atoms with Crippen LogP contribution < -0.4 is 5.73 Å². The average molecular weight is 291 g/mol. The van der Waals surface area contributed by atoms with E-state index >= 15 is 0 Å². The number of piperazine rings is 1. The smallest absolute Gasteiger partial charge is 0.123 e. The maximum Gasteiger partial charge on any atom is 0.123 e. The second kappa shape index (κ2) is 6.86. The van der Waals surface area contributed by atoms with E-state index in [0.29, 0.717) is 6.54 Å². The predicted octanol–water partition coefficient (Wildman–Crippen LogP) is 2.39. The fourth-order valence-corrected chi connectivity index (χ4v) is 3.89. The lowest BCUT2D eigenvalue weighted by Crippen LogP contribution is -2.51. The molecule has 3 rings (SSSR count). The lowest BCUT2D eigenvalue weighted by atomic mass is 10.0. The summed E-state index contributed by atoms with van der Waals surface area (Å²) in [6, 6.07) is 7.84. The Morgan fingerprint density at radius 2 is 1.86 bits per heavy atom. The van der Waals surface area contributed by atoms with E-state index in [1.807, 2.05) is 6.07 Å². The Kier molecular flexibility index (Phi) is 4.88. The highest BCUT2D eigenvalue weighted by molar-refractivity contribution is 5.21. The Hall–Kier alpha value is -0.970. The van der Waals surface area contributed by atoms with Crippen molar-refractivity contribution in [3.63, 3.8) is 0 Å². The zero-order valence-corrected chi connectivity index (χ0v) is 12.7. The number of nitrogens with zero attached hydrogens (tertiary/aromatic N) is 2. The number of halogens is 1. The maximum atomic E-state index is 13.4. The predicted molar refractivity (Wildman–Crippen MR) is 83.6 cm³/mol. The van der Waals surface area contributed by atoms with Gasteiger partial charge in [-0.05, 0) is 30.5 Å². The summed E-state index contributed by atoms with van der Waals surface area (Å²) in [6.07, 6.45) is 5.51. The van der Waals surface area contributed by atoms with Crippen molar-refractivity contribution in [1.29, 1.82) is 0 Å². The summed E-state index contributed by atoms with van der Waals surface area (Å²) in [5, 5.41) is 0. The molecule has 116 valence electrons. The molecule has 2 fully saturated rings. The molecule has 2 N–H and O–H groups in total. The van der Waals surface area contributed by atoms with Gasteiger partial charge >= 0.3 is 0 Å². The van der Waals surface area contributed by atoms with Crippen LogP contribution in [0.5, 0.6) is 0 Å². The van der Waals surface area contributed by atoms with Gasteiger partial charge in [-0.3, -0.25) is 9.80 Å². The minimum atomic E-state index is -0.171. The molecule has 1 unspecified atom stereocenters. The first-order valence-electron chi connectivity index (χ1n) is 8.21. The summed E-state index contributed by atoms with van der Waals surface area (Å²) in [4.78, 5) is 5.06. The van der Waals surface area contributed by atoms with E-state index in [2.05, 4.69) is 9.80 Å². The highest BCUT2D eigenvalue weighted by Crippen LogP contribution is 2.27. The second-order valence-corrected chi connectivity index (χ2v) is 6.32. The molecule has 0 amide bonds. The first-order valence-corrected chi connectivity index (χ1v) is 8.21. The van der Waals surface area contributed by atoms with Gasteiger partial charge in [0.2, 0.25) is 0 Å². The third-order valence-electron chi connectivity index (χ3n) is 5.09. The number of benzene rings is 1. The quantitative estimate of drug-likeness (QED) is 0.924. The van der Waals surface area contributed by atoms with E-state index in [1.54, 1.807) is 12.1 Å². The molecule has 4 heteroatoms. The standard InChI is InChI=1S/C17H26FN3/c18-15-5-3-4-14(12-15)17(13-19)21-10-8-20(9-11-21)16-6-1-2-7-16/h3-5,12,16-17H,1-2,6-11,13,19H2. The van der Waals surface area contributed by atoms with Gasteiger partial charge in [0.25, 0.3) is 0 Å². The van der Waals surface area contributed by atoms with Crippen molar-refractivity contribution < 1.29 is 4.39 Å². The zero-order chi connectivity index (χ0) is 14.7. The molecule has 21 heavy (non-hydrogen) atoms. The summed E-state index contributed by atoms with van der Waals surface area (Å²) in [5.74, 6) is -0.171. The van der Waals surface area contributed by atoms with Crippen LogP contribution in [-0.2, 0) is 0 Å². The molecular formula is C17H26FN3.